The Kier molecular flexibility index (Phi) is 4.98. The van der Waals surface area contributed by atoms with Gasteiger partial charge in [0.2, 0.25) is 11.9 Å². The van der Waals surface area contributed by atoms with Gasteiger partial charge in [0.1, 0.15) is 23.0 Å². The predicted molar refractivity (Wildman–Crippen MR) is 111 cm³/mol. The summed E-state index contributed by atoms with van der Waals surface area (Å²) in [7, 11) is 0. The van der Waals surface area contributed by atoms with Crippen LogP contribution in [-0.2, 0) is 0 Å². The number of hydrogen-bond donors (Lipinski definition) is 2. The van der Waals surface area contributed by atoms with Gasteiger partial charge in [-0.15, -0.1) is 0 Å². The van der Waals surface area contributed by atoms with E-state index in [-0.39, 0.29) is 23.4 Å². The van der Waals surface area contributed by atoms with Gasteiger partial charge >= 0.3 is 0 Å². The summed E-state index contributed by atoms with van der Waals surface area (Å²) in [6, 6.07) is 9.72. The third-order valence-electron chi connectivity index (χ3n) is 5.25. The van der Waals surface area contributed by atoms with Crippen molar-refractivity contribution in [3.05, 3.63) is 58.4 Å². The molecule has 0 amide bonds. The molecule has 1 aliphatic carbocycles. The SMILES string of the molecule is NC1=NC2(CCCCC2)N(c2cc(Oc3ccc(F)cc3)cc([N+](=O)[O-])c2)C(N)=N1. The standard InChI is InChI=1S/C20H21FN6O3/c21-13-4-6-16(7-5-13)30-17-11-14(10-15(12-17)27(28)29)26-19(23)24-18(22)25-20(26)8-2-1-3-9-20/h4-7,10-12H,1-3,8-9H2,(H4,22,23,24,25). The Balaban J connectivity index is 1.78. The molecule has 0 saturated heterocycles. The van der Waals surface area contributed by atoms with E-state index in [1.807, 2.05) is 0 Å². The molecule has 0 bridgehead atoms. The Morgan fingerprint density at radius 3 is 2.43 bits per heavy atom. The number of benzene rings is 2. The first kappa shape index (κ1) is 19.6. The molecule has 30 heavy (non-hydrogen) atoms. The van der Waals surface area contributed by atoms with Crippen molar-refractivity contribution in [2.24, 2.45) is 21.5 Å². The fourth-order valence-electron chi connectivity index (χ4n) is 3.99. The lowest BCUT2D eigenvalue weighted by atomic mass is 9.87. The van der Waals surface area contributed by atoms with E-state index in [4.69, 9.17) is 16.2 Å². The van der Waals surface area contributed by atoms with Gasteiger partial charge in [-0.1, -0.05) is 6.42 Å². The van der Waals surface area contributed by atoms with Gasteiger partial charge in [0.25, 0.3) is 5.69 Å². The summed E-state index contributed by atoms with van der Waals surface area (Å²) in [6.07, 6.45) is 4.31. The van der Waals surface area contributed by atoms with Crippen molar-refractivity contribution in [3.63, 3.8) is 0 Å². The molecule has 1 fully saturated rings. The van der Waals surface area contributed by atoms with Crippen molar-refractivity contribution in [1.29, 1.82) is 0 Å². The molecule has 2 aromatic carbocycles. The maximum Gasteiger partial charge on any atom is 0.275 e. The van der Waals surface area contributed by atoms with Crippen LogP contribution in [0.25, 0.3) is 0 Å². The lowest BCUT2D eigenvalue weighted by Crippen LogP contribution is -2.58. The molecule has 1 aliphatic heterocycles. The van der Waals surface area contributed by atoms with Gasteiger partial charge in [-0.3, -0.25) is 15.0 Å². The third kappa shape index (κ3) is 3.76. The van der Waals surface area contributed by atoms with Crippen molar-refractivity contribution < 1.29 is 14.1 Å². The Labute approximate surface area is 172 Å². The first-order valence-corrected chi connectivity index (χ1v) is 9.59. The molecule has 0 aromatic heterocycles. The normalized spacial score (nSPS) is 18.0. The van der Waals surface area contributed by atoms with Gasteiger partial charge in [0, 0.05) is 12.1 Å². The van der Waals surface area contributed by atoms with E-state index in [9.17, 15) is 14.5 Å². The van der Waals surface area contributed by atoms with Crippen LogP contribution in [0.2, 0.25) is 0 Å². The van der Waals surface area contributed by atoms with Crippen LogP contribution in [0, 0.1) is 15.9 Å². The van der Waals surface area contributed by atoms with E-state index in [1.165, 1.54) is 36.4 Å². The Bertz CT molecular complexity index is 1030. The molecule has 4 rings (SSSR count). The number of rotatable bonds is 4. The maximum atomic E-state index is 13.2. The molecular weight excluding hydrogens is 391 g/mol. The van der Waals surface area contributed by atoms with Gasteiger partial charge in [-0.05, 0) is 49.9 Å². The molecule has 1 saturated carbocycles. The molecule has 2 aliphatic rings. The van der Waals surface area contributed by atoms with E-state index >= 15 is 0 Å². The molecule has 0 radical (unpaired) electrons. The van der Waals surface area contributed by atoms with Gasteiger partial charge in [0.15, 0.2) is 0 Å². The van der Waals surface area contributed by atoms with Gasteiger partial charge in [-0.2, -0.15) is 4.99 Å². The number of ether oxygens (including phenoxy) is 1. The monoisotopic (exact) mass is 412 g/mol. The first-order valence-electron chi connectivity index (χ1n) is 9.59. The van der Waals surface area contributed by atoms with Crippen LogP contribution in [0.5, 0.6) is 11.5 Å². The summed E-state index contributed by atoms with van der Waals surface area (Å²) >= 11 is 0. The van der Waals surface area contributed by atoms with E-state index in [0.29, 0.717) is 24.3 Å². The molecule has 0 unspecified atom stereocenters. The second-order valence-corrected chi connectivity index (χ2v) is 7.32. The zero-order chi connectivity index (χ0) is 21.3. The molecular formula is C20H21FN6O3. The van der Waals surface area contributed by atoms with Crippen molar-refractivity contribution in [3.8, 4) is 11.5 Å². The molecule has 10 heteroatoms. The highest BCUT2D eigenvalue weighted by Gasteiger charge is 2.43. The molecule has 156 valence electrons. The Morgan fingerprint density at radius 2 is 1.77 bits per heavy atom. The quantitative estimate of drug-likeness (QED) is 0.582. The number of hydrogen-bond acceptors (Lipinski definition) is 8. The third-order valence-corrected chi connectivity index (χ3v) is 5.25. The summed E-state index contributed by atoms with van der Waals surface area (Å²) in [5.74, 6) is 0.371. The molecule has 1 spiro atoms. The van der Waals surface area contributed by atoms with Crippen LogP contribution >= 0.6 is 0 Å². The van der Waals surface area contributed by atoms with Crippen molar-refractivity contribution in [1.82, 2.24) is 0 Å². The Morgan fingerprint density at radius 1 is 1.07 bits per heavy atom. The first-order chi connectivity index (χ1) is 14.4. The summed E-state index contributed by atoms with van der Waals surface area (Å²) in [5, 5.41) is 11.6. The van der Waals surface area contributed by atoms with Gasteiger partial charge < -0.3 is 16.2 Å². The summed E-state index contributed by atoms with van der Waals surface area (Å²) in [6.45, 7) is 0. The van der Waals surface area contributed by atoms with E-state index in [2.05, 4.69) is 9.98 Å². The number of halogens is 1. The van der Waals surface area contributed by atoms with Crippen molar-refractivity contribution in [2.45, 2.75) is 37.8 Å². The van der Waals surface area contributed by atoms with Crippen molar-refractivity contribution >= 4 is 23.3 Å². The fraction of sp³-hybridized carbons (Fsp3) is 0.300. The minimum Gasteiger partial charge on any atom is -0.457 e. The van der Waals surface area contributed by atoms with Crippen molar-refractivity contribution in [2.75, 3.05) is 4.90 Å². The number of non-ortho nitro benzene ring substituents is 1. The lowest BCUT2D eigenvalue weighted by Gasteiger charge is -2.45. The zero-order valence-electron chi connectivity index (χ0n) is 16.1. The number of nitro groups is 1. The second-order valence-electron chi connectivity index (χ2n) is 7.32. The fourth-order valence-corrected chi connectivity index (χ4v) is 3.99. The number of nitrogens with two attached hydrogens (primary N) is 2. The molecule has 9 nitrogen and oxygen atoms in total. The summed E-state index contributed by atoms with van der Waals surface area (Å²) in [4.78, 5) is 21.4. The second kappa shape index (κ2) is 7.62. The van der Waals surface area contributed by atoms with Crippen LogP contribution in [0.4, 0.5) is 15.8 Å². The Hall–Kier alpha value is -3.69. The summed E-state index contributed by atoms with van der Waals surface area (Å²) < 4.78 is 18.9. The van der Waals surface area contributed by atoms with Crippen LogP contribution < -0.4 is 21.1 Å². The zero-order valence-corrected chi connectivity index (χ0v) is 16.1. The highest BCUT2D eigenvalue weighted by molar-refractivity contribution is 6.05. The van der Waals surface area contributed by atoms with Crippen LogP contribution in [0.15, 0.2) is 52.4 Å². The predicted octanol–water partition coefficient (Wildman–Crippen LogP) is 3.64. The van der Waals surface area contributed by atoms with Gasteiger partial charge in [-0.25, -0.2) is 9.38 Å². The molecule has 4 N–H and O–H groups in total. The highest BCUT2D eigenvalue weighted by Crippen LogP contribution is 2.42. The molecule has 0 atom stereocenters. The van der Waals surface area contributed by atoms with Crippen LogP contribution in [0.1, 0.15) is 32.1 Å². The number of nitrogens with zero attached hydrogens (tertiary/aromatic N) is 4. The van der Waals surface area contributed by atoms with Crippen LogP contribution in [0.3, 0.4) is 0 Å². The van der Waals surface area contributed by atoms with E-state index in [0.717, 1.165) is 19.3 Å². The topological polar surface area (TPSA) is 132 Å². The maximum absolute atomic E-state index is 13.2. The largest absolute Gasteiger partial charge is 0.457 e. The molecule has 2 aromatic rings. The van der Waals surface area contributed by atoms with E-state index in [1.54, 1.807) is 11.0 Å². The number of aliphatic imine (C=N–C) groups is 2. The van der Waals surface area contributed by atoms with Crippen LogP contribution in [-0.4, -0.2) is 22.5 Å². The number of guanidine groups is 2. The minimum atomic E-state index is -0.740. The minimum absolute atomic E-state index is 0.0962. The van der Waals surface area contributed by atoms with Gasteiger partial charge in [0.05, 0.1) is 16.7 Å². The van der Waals surface area contributed by atoms with E-state index < -0.39 is 16.4 Å². The smallest absolute Gasteiger partial charge is 0.275 e. The highest BCUT2D eigenvalue weighted by atomic mass is 19.1. The number of anilines is 1. The summed E-state index contributed by atoms with van der Waals surface area (Å²) in [5.41, 5.74) is 11.6. The number of nitro benzene ring substituents is 1. The average molecular weight is 412 g/mol. The molecule has 1 heterocycles. The average Bonchev–Trinajstić information content (AvgIpc) is 2.69. The lowest BCUT2D eigenvalue weighted by molar-refractivity contribution is -0.384.